The van der Waals surface area contributed by atoms with Gasteiger partial charge in [0.05, 0.1) is 12.3 Å². The second-order valence-corrected chi connectivity index (χ2v) is 7.24. The average Bonchev–Trinajstić information content (AvgIpc) is 2.89. The molecule has 2 heterocycles. The maximum atomic E-state index is 12.2. The Bertz CT molecular complexity index is 479. The summed E-state index contributed by atoms with van der Waals surface area (Å²) in [4.78, 5) is 14.0. The van der Waals surface area contributed by atoms with E-state index in [1.54, 1.807) is 6.26 Å². The van der Waals surface area contributed by atoms with E-state index < -0.39 is 5.60 Å². The lowest BCUT2D eigenvalue weighted by Gasteiger charge is -2.26. The van der Waals surface area contributed by atoms with Crippen molar-refractivity contribution in [3.05, 3.63) is 24.2 Å². The molecule has 23 heavy (non-hydrogen) atoms. The molecule has 0 aromatic carbocycles. The van der Waals surface area contributed by atoms with Crippen molar-refractivity contribution in [2.45, 2.75) is 71.1 Å². The number of hydrogen-bond donors (Lipinski definition) is 1. The molecule has 2 unspecified atom stereocenters. The third-order valence-corrected chi connectivity index (χ3v) is 4.11. The third-order valence-electron chi connectivity index (χ3n) is 4.11. The second-order valence-electron chi connectivity index (χ2n) is 7.24. The fourth-order valence-corrected chi connectivity index (χ4v) is 2.95. The molecule has 1 aromatic heterocycles. The molecule has 1 saturated heterocycles. The average molecular weight is 322 g/mol. The van der Waals surface area contributed by atoms with Gasteiger partial charge in [-0.25, -0.2) is 4.79 Å². The summed E-state index contributed by atoms with van der Waals surface area (Å²) in [6.45, 7) is 9.38. The second kappa shape index (κ2) is 7.86. The number of nitrogens with one attached hydrogen (secondary N) is 1. The molecule has 2 atom stereocenters. The van der Waals surface area contributed by atoms with Gasteiger partial charge in [0.2, 0.25) is 0 Å². The standard InChI is InChI=1S/C18H30N2O3/c1-5-15(16-9-7-13-22-16)19-14-8-6-11-20(12-10-14)17(21)23-18(2,3)4/h7,9,13-15,19H,5-6,8,10-12H2,1-4H3. The highest BCUT2D eigenvalue weighted by molar-refractivity contribution is 5.68. The first-order valence-corrected chi connectivity index (χ1v) is 8.66. The number of rotatable bonds is 4. The molecule has 2 rings (SSSR count). The monoisotopic (exact) mass is 322 g/mol. The Labute approximate surface area is 139 Å². The molecule has 1 aliphatic rings. The lowest BCUT2D eigenvalue weighted by atomic mass is 10.1. The Balaban J connectivity index is 1.87. The third kappa shape index (κ3) is 5.57. The number of nitrogens with zero attached hydrogens (tertiary/aromatic N) is 1. The van der Waals surface area contributed by atoms with E-state index in [2.05, 4.69) is 12.2 Å². The molecule has 0 saturated carbocycles. The number of ether oxygens (including phenoxy) is 1. The minimum Gasteiger partial charge on any atom is -0.468 e. The van der Waals surface area contributed by atoms with Gasteiger partial charge in [-0.2, -0.15) is 0 Å². The van der Waals surface area contributed by atoms with E-state index in [1.165, 1.54) is 0 Å². The van der Waals surface area contributed by atoms with E-state index in [4.69, 9.17) is 9.15 Å². The Morgan fingerprint density at radius 1 is 1.43 bits per heavy atom. The zero-order valence-corrected chi connectivity index (χ0v) is 14.8. The van der Waals surface area contributed by atoms with Gasteiger partial charge in [0.1, 0.15) is 11.4 Å². The van der Waals surface area contributed by atoms with Gasteiger partial charge in [-0.15, -0.1) is 0 Å². The molecule has 1 aliphatic heterocycles. The van der Waals surface area contributed by atoms with Crippen molar-refractivity contribution in [1.82, 2.24) is 10.2 Å². The predicted molar refractivity (Wildman–Crippen MR) is 90.3 cm³/mol. The van der Waals surface area contributed by atoms with Crippen LogP contribution in [-0.4, -0.2) is 35.7 Å². The van der Waals surface area contributed by atoms with Crippen molar-refractivity contribution < 1.29 is 13.9 Å². The largest absolute Gasteiger partial charge is 0.468 e. The summed E-state index contributed by atoms with van der Waals surface area (Å²) >= 11 is 0. The van der Waals surface area contributed by atoms with Crippen LogP contribution in [0, 0.1) is 0 Å². The van der Waals surface area contributed by atoms with Crippen molar-refractivity contribution in [2.75, 3.05) is 13.1 Å². The minimum atomic E-state index is -0.437. The molecule has 130 valence electrons. The summed E-state index contributed by atoms with van der Waals surface area (Å²) < 4.78 is 11.0. The van der Waals surface area contributed by atoms with Crippen LogP contribution in [0.5, 0.6) is 0 Å². The number of carbonyl (C=O) groups excluding carboxylic acids is 1. The lowest BCUT2D eigenvalue weighted by Crippen LogP contribution is -2.38. The van der Waals surface area contributed by atoms with Crippen LogP contribution in [0.25, 0.3) is 0 Å². The summed E-state index contributed by atoms with van der Waals surface area (Å²) in [7, 11) is 0. The van der Waals surface area contributed by atoms with E-state index in [0.717, 1.165) is 44.5 Å². The summed E-state index contributed by atoms with van der Waals surface area (Å²) in [5.41, 5.74) is -0.437. The molecule has 1 fully saturated rings. The van der Waals surface area contributed by atoms with E-state index in [9.17, 15) is 4.79 Å². The minimum absolute atomic E-state index is 0.198. The Morgan fingerprint density at radius 3 is 2.83 bits per heavy atom. The van der Waals surface area contributed by atoms with Crippen LogP contribution >= 0.6 is 0 Å². The van der Waals surface area contributed by atoms with Crippen LogP contribution < -0.4 is 5.32 Å². The zero-order valence-electron chi connectivity index (χ0n) is 14.8. The van der Waals surface area contributed by atoms with Crippen LogP contribution in [0.1, 0.15) is 65.2 Å². The molecule has 0 spiro atoms. The molecule has 0 radical (unpaired) electrons. The quantitative estimate of drug-likeness (QED) is 0.906. The molecular weight excluding hydrogens is 292 g/mol. The maximum absolute atomic E-state index is 12.2. The number of likely N-dealkylation sites (tertiary alicyclic amines) is 1. The van der Waals surface area contributed by atoms with E-state index >= 15 is 0 Å². The summed E-state index contributed by atoms with van der Waals surface area (Å²) in [6, 6.07) is 4.59. The van der Waals surface area contributed by atoms with Crippen molar-refractivity contribution in [3.63, 3.8) is 0 Å². The van der Waals surface area contributed by atoms with E-state index in [0.29, 0.717) is 6.04 Å². The normalized spacial score (nSPS) is 20.9. The van der Waals surface area contributed by atoms with Crippen LogP contribution in [0.2, 0.25) is 0 Å². The fraction of sp³-hybridized carbons (Fsp3) is 0.722. The SMILES string of the molecule is CCC(NC1CCCN(C(=O)OC(C)(C)C)CC1)c1ccco1. The van der Waals surface area contributed by atoms with Crippen LogP contribution in [-0.2, 0) is 4.74 Å². The van der Waals surface area contributed by atoms with Crippen molar-refractivity contribution in [1.29, 1.82) is 0 Å². The fourth-order valence-electron chi connectivity index (χ4n) is 2.95. The zero-order chi connectivity index (χ0) is 16.9. The highest BCUT2D eigenvalue weighted by atomic mass is 16.6. The van der Waals surface area contributed by atoms with Gasteiger partial charge in [0.15, 0.2) is 0 Å². The smallest absolute Gasteiger partial charge is 0.410 e. The van der Waals surface area contributed by atoms with Crippen molar-refractivity contribution in [2.24, 2.45) is 0 Å². The summed E-state index contributed by atoms with van der Waals surface area (Å²) in [6.07, 6.45) is 5.51. The predicted octanol–water partition coefficient (Wildman–Crippen LogP) is 4.11. The van der Waals surface area contributed by atoms with E-state index in [-0.39, 0.29) is 12.1 Å². The number of carbonyl (C=O) groups is 1. The summed E-state index contributed by atoms with van der Waals surface area (Å²) in [5, 5.41) is 3.68. The Kier molecular flexibility index (Phi) is 6.10. The highest BCUT2D eigenvalue weighted by Crippen LogP contribution is 2.21. The first kappa shape index (κ1) is 17.9. The number of amides is 1. The van der Waals surface area contributed by atoms with Gasteiger partial charge in [-0.05, 0) is 58.6 Å². The molecule has 1 N–H and O–H groups in total. The Hall–Kier alpha value is -1.49. The van der Waals surface area contributed by atoms with Gasteiger partial charge in [-0.3, -0.25) is 0 Å². The Morgan fingerprint density at radius 2 is 2.22 bits per heavy atom. The molecule has 0 aliphatic carbocycles. The molecule has 5 nitrogen and oxygen atoms in total. The number of furan rings is 1. The topological polar surface area (TPSA) is 54.7 Å². The van der Waals surface area contributed by atoms with Crippen LogP contribution in [0.15, 0.2) is 22.8 Å². The van der Waals surface area contributed by atoms with Gasteiger partial charge in [0.25, 0.3) is 0 Å². The number of hydrogen-bond acceptors (Lipinski definition) is 4. The van der Waals surface area contributed by atoms with Gasteiger partial charge >= 0.3 is 6.09 Å². The van der Waals surface area contributed by atoms with Crippen LogP contribution in [0.3, 0.4) is 0 Å². The first-order valence-electron chi connectivity index (χ1n) is 8.66. The molecule has 1 aromatic rings. The lowest BCUT2D eigenvalue weighted by molar-refractivity contribution is 0.0256. The highest BCUT2D eigenvalue weighted by Gasteiger charge is 2.26. The first-order chi connectivity index (χ1) is 10.9. The van der Waals surface area contributed by atoms with Gasteiger partial charge in [-0.1, -0.05) is 6.92 Å². The molecule has 0 bridgehead atoms. The maximum Gasteiger partial charge on any atom is 0.410 e. The van der Waals surface area contributed by atoms with Gasteiger partial charge < -0.3 is 19.4 Å². The molecule has 5 heteroatoms. The molecular formula is C18H30N2O3. The van der Waals surface area contributed by atoms with E-state index in [1.807, 2.05) is 37.8 Å². The van der Waals surface area contributed by atoms with Gasteiger partial charge in [0, 0.05) is 19.1 Å². The van der Waals surface area contributed by atoms with Crippen molar-refractivity contribution >= 4 is 6.09 Å². The van der Waals surface area contributed by atoms with Crippen LogP contribution in [0.4, 0.5) is 4.79 Å². The molecule has 1 amide bonds. The van der Waals surface area contributed by atoms with Crippen molar-refractivity contribution in [3.8, 4) is 0 Å². The summed E-state index contributed by atoms with van der Waals surface area (Å²) in [5.74, 6) is 0.987.